The second-order valence-electron chi connectivity index (χ2n) is 6.62. The molecule has 2 heterocycles. The minimum Gasteiger partial charge on any atom is -0.340 e. The van der Waals surface area contributed by atoms with Gasteiger partial charge in [-0.2, -0.15) is 0 Å². The highest BCUT2D eigenvalue weighted by Gasteiger charge is 2.57. The lowest BCUT2D eigenvalue weighted by Gasteiger charge is -2.18. The fourth-order valence-corrected chi connectivity index (χ4v) is 4.93. The van der Waals surface area contributed by atoms with Crippen molar-refractivity contribution in [3.63, 3.8) is 0 Å². The minimum absolute atomic E-state index is 0.316. The Labute approximate surface area is 128 Å². The summed E-state index contributed by atoms with van der Waals surface area (Å²) in [5.41, 5.74) is 2.19. The number of thiazole rings is 1. The van der Waals surface area contributed by atoms with Crippen LogP contribution < -0.4 is 0 Å². The van der Waals surface area contributed by atoms with E-state index in [4.69, 9.17) is 0 Å². The van der Waals surface area contributed by atoms with Gasteiger partial charge in [0.25, 0.3) is 0 Å². The van der Waals surface area contributed by atoms with Crippen LogP contribution in [0.25, 0.3) is 4.96 Å². The van der Waals surface area contributed by atoms with Gasteiger partial charge in [-0.1, -0.05) is 6.42 Å². The maximum atomic E-state index is 12.6. The lowest BCUT2D eigenvalue weighted by molar-refractivity contribution is -0.132. The predicted octanol–water partition coefficient (Wildman–Crippen LogP) is 3.02. The smallest absolute Gasteiger partial charge is 0.226 e. The lowest BCUT2D eigenvalue weighted by Crippen LogP contribution is -2.29. The molecule has 0 bridgehead atoms. The van der Waals surface area contributed by atoms with E-state index in [0.29, 0.717) is 30.2 Å². The summed E-state index contributed by atoms with van der Waals surface area (Å²) in [5.74, 6) is 2.03. The van der Waals surface area contributed by atoms with E-state index in [-0.39, 0.29) is 0 Å². The molecule has 4 nitrogen and oxygen atoms in total. The van der Waals surface area contributed by atoms with Crippen molar-refractivity contribution in [2.45, 2.75) is 39.7 Å². The molecule has 2 saturated carbocycles. The largest absolute Gasteiger partial charge is 0.340 e. The van der Waals surface area contributed by atoms with Crippen LogP contribution in [0.5, 0.6) is 0 Å². The first-order valence-corrected chi connectivity index (χ1v) is 8.57. The normalized spacial score (nSPS) is 27.1. The van der Waals surface area contributed by atoms with Gasteiger partial charge in [0, 0.05) is 24.0 Å². The Bertz CT molecular complexity index is 706. The van der Waals surface area contributed by atoms with Crippen molar-refractivity contribution in [1.82, 2.24) is 14.3 Å². The molecule has 21 heavy (non-hydrogen) atoms. The molecule has 2 aromatic heterocycles. The summed E-state index contributed by atoms with van der Waals surface area (Å²) in [4.78, 5) is 21.4. The third kappa shape index (κ3) is 2.01. The number of carbonyl (C=O) groups is 1. The van der Waals surface area contributed by atoms with Crippen LogP contribution in [-0.4, -0.2) is 27.2 Å². The van der Waals surface area contributed by atoms with E-state index >= 15 is 0 Å². The van der Waals surface area contributed by atoms with Crippen molar-refractivity contribution in [1.29, 1.82) is 0 Å². The van der Waals surface area contributed by atoms with Crippen LogP contribution in [0.15, 0.2) is 6.20 Å². The Morgan fingerprint density at radius 3 is 2.86 bits per heavy atom. The Kier molecular flexibility index (Phi) is 2.89. The van der Waals surface area contributed by atoms with E-state index in [1.165, 1.54) is 24.1 Å². The maximum Gasteiger partial charge on any atom is 0.226 e. The summed E-state index contributed by atoms with van der Waals surface area (Å²) < 4.78 is 2.15. The van der Waals surface area contributed by atoms with E-state index in [2.05, 4.69) is 22.5 Å². The van der Waals surface area contributed by atoms with Crippen molar-refractivity contribution in [2.24, 2.45) is 17.8 Å². The van der Waals surface area contributed by atoms with Crippen molar-refractivity contribution < 1.29 is 4.79 Å². The standard InChI is InChI=1S/C16H21N3OS/c1-9-7-19-13(10(2)17-16(19)21-9)8-18(3)15(20)14-11-5-4-6-12(11)14/h7,11-12,14H,4-6,8H2,1-3H3/t11-,12+,14?. The van der Waals surface area contributed by atoms with E-state index in [1.54, 1.807) is 11.3 Å². The van der Waals surface area contributed by atoms with Crippen molar-refractivity contribution in [3.05, 3.63) is 22.5 Å². The van der Waals surface area contributed by atoms with Gasteiger partial charge in [-0.05, 0) is 38.5 Å². The number of carbonyl (C=O) groups excluding carboxylic acids is 1. The van der Waals surface area contributed by atoms with Gasteiger partial charge in [0.2, 0.25) is 5.91 Å². The summed E-state index contributed by atoms with van der Waals surface area (Å²) in [6.45, 7) is 4.80. The van der Waals surface area contributed by atoms with Crippen LogP contribution >= 0.6 is 11.3 Å². The zero-order chi connectivity index (χ0) is 14.7. The first-order chi connectivity index (χ1) is 10.1. The summed E-state index contributed by atoms with van der Waals surface area (Å²) in [6, 6.07) is 0. The molecule has 4 rings (SSSR count). The average molecular weight is 303 g/mol. The molecule has 112 valence electrons. The number of hydrogen-bond acceptors (Lipinski definition) is 3. The summed E-state index contributed by atoms with van der Waals surface area (Å²) >= 11 is 1.70. The SMILES string of the molecule is Cc1cn2c(CN(C)C(=O)C3[C@H]4CCC[C@@H]34)c(C)nc2s1. The highest BCUT2D eigenvalue weighted by molar-refractivity contribution is 7.17. The Hall–Kier alpha value is -1.36. The fraction of sp³-hybridized carbons (Fsp3) is 0.625. The number of imidazole rings is 1. The molecule has 5 heteroatoms. The van der Waals surface area contributed by atoms with E-state index in [1.807, 2.05) is 18.9 Å². The van der Waals surface area contributed by atoms with Crippen LogP contribution in [0.1, 0.15) is 35.5 Å². The molecular weight excluding hydrogens is 282 g/mol. The van der Waals surface area contributed by atoms with Gasteiger partial charge in [-0.25, -0.2) is 4.98 Å². The van der Waals surface area contributed by atoms with Crippen molar-refractivity contribution >= 4 is 22.2 Å². The Balaban J connectivity index is 1.54. The molecule has 0 spiro atoms. The quantitative estimate of drug-likeness (QED) is 0.874. The summed E-state index contributed by atoms with van der Waals surface area (Å²) in [7, 11) is 1.94. The molecule has 1 unspecified atom stereocenters. The minimum atomic E-state index is 0.316. The van der Waals surface area contributed by atoms with Gasteiger partial charge >= 0.3 is 0 Å². The molecule has 3 atom stereocenters. The van der Waals surface area contributed by atoms with Gasteiger partial charge in [0.15, 0.2) is 4.96 Å². The molecule has 2 aromatic rings. The van der Waals surface area contributed by atoms with Crippen LogP contribution in [0.4, 0.5) is 0 Å². The predicted molar refractivity (Wildman–Crippen MR) is 83.3 cm³/mol. The maximum absolute atomic E-state index is 12.6. The summed E-state index contributed by atoms with van der Waals surface area (Å²) in [6.07, 6.45) is 5.96. The van der Waals surface area contributed by atoms with Crippen molar-refractivity contribution in [3.8, 4) is 0 Å². The molecule has 0 N–H and O–H groups in total. The summed E-state index contributed by atoms with van der Waals surface area (Å²) in [5, 5.41) is 0. The van der Waals surface area contributed by atoms with Crippen LogP contribution in [0.3, 0.4) is 0 Å². The molecule has 0 radical (unpaired) electrons. The molecule has 2 aliphatic carbocycles. The van der Waals surface area contributed by atoms with E-state index in [0.717, 1.165) is 16.3 Å². The average Bonchev–Trinajstić information content (AvgIpc) is 2.78. The second kappa shape index (κ2) is 4.57. The molecule has 2 aliphatic rings. The first-order valence-electron chi connectivity index (χ1n) is 7.75. The first kappa shape index (κ1) is 13.3. The van der Waals surface area contributed by atoms with E-state index in [9.17, 15) is 4.79 Å². The lowest BCUT2D eigenvalue weighted by atomic mass is 10.1. The second-order valence-corrected chi connectivity index (χ2v) is 7.83. The number of aryl methyl sites for hydroxylation is 2. The van der Waals surface area contributed by atoms with Gasteiger partial charge in [-0.3, -0.25) is 9.20 Å². The highest BCUT2D eigenvalue weighted by atomic mass is 32.1. The fourth-order valence-electron chi connectivity index (χ4n) is 4.04. The molecule has 0 aromatic carbocycles. The van der Waals surface area contributed by atoms with Gasteiger partial charge in [0.05, 0.1) is 17.9 Å². The zero-order valence-corrected chi connectivity index (χ0v) is 13.6. The van der Waals surface area contributed by atoms with E-state index < -0.39 is 0 Å². The number of hydrogen-bond donors (Lipinski definition) is 0. The molecule has 0 aliphatic heterocycles. The number of rotatable bonds is 3. The monoisotopic (exact) mass is 303 g/mol. The molecule has 0 saturated heterocycles. The van der Waals surface area contributed by atoms with Gasteiger partial charge in [0.1, 0.15) is 0 Å². The number of aromatic nitrogens is 2. The number of amides is 1. The zero-order valence-electron chi connectivity index (χ0n) is 12.8. The van der Waals surface area contributed by atoms with Crippen molar-refractivity contribution in [2.75, 3.05) is 7.05 Å². The molecule has 1 amide bonds. The third-order valence-electron chi connectivity index (χ3n) is 5.20. The number of nitrogens with zero attached hydrogens (tertiary/aromatic N) is 3. The Morgan fingerprint density at radius 2 is 2.14 bits per heavy atom. The molecule has 2 fully saturated rings. The Morgan fingerprint density at radius 1 is 1.43 bits per heavy atom. The highest BCUT2D eigenvalue weighted by Crippen LogP contribution is 2.58. The number of fused-ring (bicyclic) bond motifs is 2. The topological polar surface area (TPSA) is 37.6 Å². The van der Waals surface area contributed by atoms with Gasteiger partial charge in [-0.15, -0.1) is 11.3 Å². The van der Waals surface area contributed by atoms with Crippen LogP contribution in [0, 0.1) is 31.6 Å². The molecular formula is C16H21N3OS. The van der Waals surface area contributed by atoms with Crippen LogP contribution in [0.2, 0.25) is 0 Å². The van der Waals surface area contributed by atoms with Crippen LogP contribution in [-0.2, 0) is 11.3 Å². The third-order valence-corrected chi connectivity index (χ3v) is 6.09. The van der Waals surface area contributed by atoms with Gasteiger partial charge < -0.3 is 4.90 Å².